The van der Waals surface area contributed by atoms with Gasteiger partial charge in [0, 0.05) is 12.1 Å². The lowest BCUT2D eigenvalue weighted by Crippen LogP contribution is -2.13. The molecular formula is C20H22ClN7S. The van der Waals surface area contributed by atoms with Gasteiger partial charge in [-0.05, 0) is 31.6 Å². The van der Waals surface area contributed by atoms with Gasteiger partial charge < -0.3 is 0 Å². The van der Waals surface area contributed by atoms with Crippen LogP contribution in [0.15, 0.2) is 42.7 Å². The van der Waals surface area contributed by atoms with Crippen molar-refractivity contribution in [3.05, 3.63) is 75.3 Å². The number of H-pyrrole nitrogens is 1. The zero-order chi connectivity index (χ0) is 20.5. The number of rotatable bonds is 6. The quantitative estimate of drug-likeness (QED) is 0.461. The van der Waals surface area contributed by atoms with Crippen LogP contribution in [0.3, 0.4) is 0 Å². The average molecular weight is 428 g/mol. The van der Waals surface area contributed by atoms with Crippen molar-refractivity contribution in [2.24, 2.45) is 0 Å². The van der Waals surface area contributed by atoms with E-state index in [4.69, 9.17) is 23.8 Å². The molecule has 3 heterocycles. The second-order valence-electron chi connectivity index (χ2n) is 7.17. The minimum atomic E-state index is 0.0643. The van der Waals surface area contributed by atoms with Crippen molar-refractivity contribution in [2.75, 3.05) is 0 Å². The predicted molar refractivity (Wildman–Crippen MR) is 115 cm³/mol. The Morgan fingerprint density at radius 2 is 1.97 bits per heavy atom. The molecule has 0 saturated carbocycles. The summed E-state index contributed by atoms with van der Waals surface area (Å²) in [6.07, 6.45) is 3.79. The lowest BCUT2D eigenvalue weighted by atomic mass is 10.1. The van der Waals surface area contributed by atoms with Gasteiger partial charge in [-0.1, -0.05) is 48.9 Å². The van der Waals surface area contributed by atoms with E-state index in [0.717, 1.165) is 22.9 Å². The van der Waals surface area contributed by atoms with Gasteiger partial charge >= 0.3 is 0 Å². The first kappa shape index (κ1) is 19.6. The third-order valence-corrected chi connectivity index (χ3v) is 5.77. The Labute approximate surface area is 178 Å². The standard InChI is InChI=1S/C20H22ClN7S/c1-13(10-27-15(3)18(21)14(2)25-27)19-23-24-20(29)28(19)17-9-22-26(12-17)11-16-7-5-4-6-8-16/h4-9,12-13H,10-11H2,1-3H3,(H,24,29). The van der Waals surface area contributed by atoms with Gasteiger partial charge in [-0.3, -0.25) is 19.0 Å². The summed E-state index contributed by atoms with van der Waals surface area (Å²) in [6.45, 7) is 7.33. The molecule has 0 aliphatic heterocycles. The van der Waals surface area contributed by atoms with Crippen LogP contribution < -0.4 is 0 Å². The van der Waals surface area contributed by atoms with Gasteiger partial charge in [0.25, 0.3) is 0 Å². The third kappa shape index (κ3) is 3.90. The molecule has 29 heavy (non-hydrogen) atoms. The molecule has 0 radical (unpaired) electrons. The SMILES string of the molecule is Cc1nn(CC(C)c2n[nH]c(=S)n2-c2cnn(Cc3ccccc3)c2)c(C)c1Cl. The van der Waals surface area contributed by atoms with Gasteiger partial charge in [0.05, 0.1) is 41.4 Å². The van der Waals surface area contributed by atoms with E-state index in [-0.39, 0.29) is 5.92 Å². The van der Waals surface area contributed by atoms with Crippen molar-refractivity contribution in [3.8, 4) is 5.69 Å². The second-order valence-corrected chi connectivity index (χ2v) is 7.94. The Balaban J connectivity index is 1.60. The Morgan fingerprint density at radius 3 is 2.66 bits per heavy atom. The summed E-state index contributed by atoms with van der Waals surface area (Å²) in [4.78, 5) is 0. The first-order chi connectivity index (χ1) is 13.9. The molecule has 150 valence electrons. The summed E-state index contributed by atoms with van der Waals surface area (Å²) in [5, 5.41) is 17.1. The molecule has 7 nitrogen and oxygen atoms in total. The van der Waals surface area contributed by atoms with Crippen LogP contribution >= 0.6 is 23.8 Å². The Bertz CT molecular complexity index is 1190. The van der Waals surface area contributed by atoms with E-state index in [0.29, 0.717) is 22.9 Å². The molecule has 4 rings (SSSR count). The van der Waals surface area contributed by atoms with Gasteiger partial charge in [0.15, 0.2) is 4.77 Å². The van der Waals surface area contributed by atoms with Crippen molar-refractivity contribution in [2.45, 2.75) is 39.8 Å². The molecule has 0 spiro atoms. The fourth-order valence-electron chi connectivity index (χ4n) is 3.41. The van der Waals surface area contributed by atoms with Crippen LogP contribution in [0, 0.1) is 18.6 Å². The molecule has 9 heteroatoms. The zero-order valence-corrected chi connectivity index (χ0v) is 18.1. The van der Waals surface area contributed by atoms with Crippen molar-refractivity contribution in [1.29, 1.82) is 0 Å². The maximum atomic E-state index is 6.29. The summed E-state index contributed by atoms with van der Waals surface area (Å²) in [5.41, 5.74) is 3.85. The number of benzene rings is 1. The number of aryl methyl sites for hydroxylation is 1. The maximum absolute atomic E-state index is 6.29. The average Bonchev–Trinajstić information content (AvgIpc) is 3.38. The topological polar surface area (TPSA) is 69.2 Å². The van der Waals surface area contributed by atoms with Crippen LogP contribution in [0.25, 0.3) is 5.69 Å². The van der Waals surface area contributed by atoms with E-state index in [2.05, 4.69) is 39.5 Å². The number of aromatic nitrogens is 7. The van der Waals surface area contributed by atoms with Gasteiger partial charge in [-0.15, -0.1) is 0 Å². The maximum Gasteiger partial charge on any atom is 0.199 e. The largest absolute Gasteiger partial charge is 0.269 e. The Morgan fingerprint density at radius 1 is 1.21 bits per heavy atom. The number of nitrogens with one attached hydrogen (secondary N) is 1. The molecule has 0 fully saturated rings. The molecule has 0 aliphatic carbocycles. The van der Waals surface area contributed by atoms with Crippen molar-refractivity contribution in [1.82, 2.24) is 34.3 Å². The predicted octanol–water partition coefficient (Wildman–Crippen LogP) is 4.45. The van der Waals surface area contributed by atoms with Crippen molar-refractivity contribution < 1.29 is 0 Å². The monoisotopic (exact) mass is 427 g/mol. The summed E-state index contributed by atoms with van der Waals surface area (Å²) >= 11 is 11.8. The van der Waals surface area contributed by atoms with Crippen molar-refractivity contribution in [3.63, 3.8) is 0 Å². The van der Waals surface area contributed by atoms with Gasteiger partial charge in [-0.2, -0.15) is 15.3 Å². The fourth-order valence-corrected chi connectivity index (χ4v) is 3.79. The minimum Gasteiger partial charge on any atom is -0.269 e. The van der Waals surface area contributed by atoms with Crippen LogP contribution in [-0.4, -0.2) is 34.3 Å². The summed E-state index contributed by atoms with van der Waals surface area (Å²) in [7, 11) is 0. The molecule has 0 aliphatic rings. The highest BCUT2D eigenvalue weighted by Gasteiger charge is 2.19. The number of hydrogen-bond acceptors (Lipinski definition) is 4. The van der Waals surface area contributed by atoms with Crippen LogP contribution in [-0.2, 0) is 13.1 Å². The molecule has 1 atom stereocenters. The van der Waals surface area contributed by atoms with E-state index < -0.39 is 0 Å². The molecule has 1 unspecified atom stereocenters. The van der Waals surface area contributed by atoms with Crippen LogP contribution in [0.5, 0.6) is 0 Å². The number of aromatic amines is 1. The van der Waals surface area contributed by atoms with Gasteiger partial charge in [-0.25, -0.2) is 0 Å². The fraction of sp³-hybridized carbons (Fsp3) is 0.300. The molecule has 0 amide bonds. The summed E-state index contributed by atoms with van der Waals surface area (Å²) in [5.74, 6) is 0.896. The first-order valence-electron chi connectivity index (χ1n) is 9.37. The van der Waals surface area contributed by atoms with Gasteiger partial charge in [0.2, 0.25) is 0 Å². The van der Waals surface area contributed by atoms with Crippen LogP contribution in [0.1, 0.15) is 35.6 Å². The Kier molecular flexibility index (Phi) is 5.38. The zero-order valence-electron chi connectivity index (χ0n) is 16.5. The van der Waals surface area contributed by atoms with Gasteiger partial charge in [0.1, 0.15) is 5.82 Å². The molecule has 1 aromatic carbocycles. The van der Waals surface area contributed by atoms with E-state index in [1.165, 1.54) is 5.56 Å². The second kappa shape index (κ2) is 7.96. The van der Waals surface area contributed by atoms with E-state index in [1.807, 2.05) is 58.4 Å². The number of halogens is 1. The minimum absolute atomic E-state index is 0.0643. The highest BCUT2D eigenvalue weighted by molar-refractivity contribution is 7.71. The lowest BCUT2D eigenvalue weighted by Gasteiger charge is -2.13. The van der Waals surface area contributed by atoms with E-state index in [9.17, 15) is 0 Å². The number of hydrogen-bond donors (Lipinski definition) is 1. The smallest absolute Gasteiger partial charge is 0.199 e. The normalized spacial score (nSPS) is 12.4. The van der Waals surface area contributed by atoms with Crippen molar-refractivity contribution >= 4 is 23.8 Å². The van der Waals surface area contributed by atoms with E-state index >= 15 is 0 Å². The van der Waals surface area contributed by atoms with Crippen LogP contribution in [0.4, 0.5) is 0 Å². The molecule has 0 saturated heterocycles. The lowest BCUT2D eigenvalue weighted by molar-refractivity contribution is 0.506. The Hall–Kier alpha value is -2.71. The highest BCUT2D eigenvalue weighted by Crippen LogP contribution is 2.24. The molecule has 3 aromatic heterocycles. The summed E-state index contributed by atoms with van der Waals surface area (Å²) < 4.78 is 6.29. The van der Waals surface area contributed by atoms with Crippen LogP contribution in [0.2, 0.25) is 5.02 Å². The summed E-state index contributed by atoms with van der Waals surface area (Å²) in [6, 6.07) is 10.2. The highest BCUT2D eigenvalue weighted by atomic mass is 35.5. The first-order valence-corrected chi connectivity index (χ1v) is 10.2. The third-order valence-electron chi connectivity index (χ3n) is 4.94. The molecular weight excluding hydrogens is 406 g/mol. The number of nitrogens with zero attached hydrogens (tertiary/aromatic N) is 6. The molecule has 0 bridgehead atoms. The molecule has 4 aromatic rings. The van der Waals surface area contributed by atoms with E-state index in [1.54, 1.807) is 0 Å². The molecule has 1 N–H and O–H groups in total.